The molecule has 1 aromatic carbocycles. The topological polar surface area (TPSA) is 59.0 Å². The van der Waals surface area contributed by atoms with E-state index in [1.54, 1.807) is 13.0 Å². The van der Waals surface area contributed by atoms with Gasteiger partial charge in [0.1, 0.15) is 0 Å². The van der Waals surface area contributed by atoms with Gasteiger partial charge in [-0.3, -0.25) is 0 Å². The summed E-state index contributed by atoms with van der Waals surface area (Å²) in [5, 5.41) is 9.50. The summed E-state index contributed by atoms with van der Waals surface area (Å²) in [6, 6.07) is 2.42. The first-order valence-electron chi connectivity index (χ1n) is 8.29. The minimum Gasteiger partial charge on any atom is -0.478 e. The molecule has 1 heterocycles. The lowest BCUT2D eigenvalue weighted by Crippen LogP contribution is -2.31. The van der Waals surface area contributed by atoms with Crippen LogP contribution in [-0.4, -0.2) is 42.4 Å². The van der Waals surface area contributed by atoms with E-state index < -0.39 is 5.97 Å². The van der Waals surface area contributed by atoms with Gasteiger partial charge in [-0.2, -0.15) is 0 Å². The number of carboxylic acids is 1. The highest BCUT2D eigenvalue weighted by molar-refractivity contribution is 5.91. The highest BCUT2D eigenvalue weighted by Crippen LogP contribution is 2.48. The number of fused-ring (bicyclic) bond motifs is 1. The van der Waals surface area contributed by atoms with Gasteiger partial charge in [0.05, 0.1) is 5.56 Å². The zero-order valence-electron chi connectivity index (χ0n) is 14.3. The maximum atomic E-state index is 11.6. The lowest BCUT2D eigenvalue weighted by atomic mass is 9.80. The first kappa shape index (κ1) is 16.1. The van der Waals surface area contributed by atoms with E-state index in [2.05, 4.69) is 19.0 Å². The van der Waals surface area contributed by atoms with Crippen LogP contribution in [0.5, 0.6) is 11.5 Å². The normalized spacial score (nSPS) is 26.6. The molecule has 0 saturated heterocycles. The Morgan fingerprint density at radius 1 is 1.17 bits per heavy atom. The molecule has 0 aromatic heterocycles. The molecule has 3 rings (SSSR count). The summed E-state index contributed by atoms with van der Waals surface area (Å²) in [5.41, 5.74) is 1.98. The van der Waals surface area contributed by atoms with Crippen molar-refractivity contribution in [3.8, 4) is 11.5 Å². The quantitative estimate of drug-likeness (QED) is 0.925. The monoisotopic (exact) mass is 319 g/mol. The van der Waals surface area contributed by atoms with Gasteiger partial charge in [-0.1, -0.05) is 0 Å². The number of carbonyl (C=O) groups is 1. The van der Waals surface area contributed by atoms with Crippen LogP contribution >= 0.6 is 0 Å². The molecule has 1 aromatic rings. The molecule has 2 aliphatic rings. The van der Waals surface area contributed by atoms with E-state index in [9.17, 15) is 9.90 Å². The minimum atomic E-state index is -0.906. The van der Waals surface area contributed by atoms with Crippen molar-refractivity contribution in [1.82, 2.24) is 4.90 Å². The Kier molecular flexibility index (Phi) is 4.23. The number of rotatable bonds is 3. The first-order valence-corrected chi connectivity index (χ1v) is 8.29. The predicted octanol–water partition coefficient (Wildman–Crippen LogP) is 3.40. The SMILES string of the molecule is Cc1c(C(=O)O)cc([C@H]2CC[C@H](N(C)C)CC2)c2c1OC(C)O2. The van der Waals surface area contributed by atoms with Crippen LogP contribution in [0, 0.1) is 6.92 Å². The molecule has 0 radical (unpaired) electrons. The third-order valence-corrected chi connectivity index (χ3v) is 5.18. The molecule has 0 amide bonds. The fourth-order valence-electron chi connectivity index (χ4n) is 3.80. The molecule has 1 atom stereocenters. The van der Waals surface area contributed by atoms with Gasteiger partial charge in [-0.05, 0) is 58.7 Å². The Bertz CT molecular complexity index is 618. The summed E-state index contributed by atoms with van der Waals surface area (Å²) in [6.07, 6.45) is 3.99. The minimum absolute atomic E-state index is 0.325. The lowest BCUT2D eigenvalue weighted by molar-refractivity contribution is 0.0656. The Morgan fingerprint density at radius 3 is 2.35 bits per heavy atom. The van der Waals surface area contributed by atoms with Crippen LogP contribution in [0.2, 0.25) is 0 Å². The largest absolute Gasteiger partial charge is 0.478 e. The Hall–Kier alpha value is -1.75. The first-order chi connectivity index (χ1) is 10.9. The lowest BCUT2D eigenvalue weighted by Gasteiger charge is -2.33. The number of hydrogen-bond acceptors (Lipinski definition) is 4. The second-order valence-corrected chi connectivity index (χ2v) is 6.87. The van der Waals surface area contributed by atoms with Crippen LogP contribution < -0.4 is 9.47 Å². The molecule has 1 saturated carbocycles. The molecule has 1 unspecified atom stereocenters. The molecule has 1 aliphatic heterocycles. The van der Waals surface area contributed by atoms with E-state index in [-0.39, 0.29) is 6.29 Å². The number of hydrogen-bond donors (Lipinski definition) is 1. The smallest absolute Gasteiger partial charge is 0.336 e. The number of benzene rings is 1. The molecule has 1 N–H and O–H groups in total. The van der Waals surface area contributed by atoms with Gasteiger partial charge in [-0.25, -0.2) is 4.79 Å². The summed E-state index contributed by atoms with van der Waals surface area (Å²) in [4.78, 5) is 13.9. The Morgan fingerprint density at radius 2 is 1.78 bits per heavy atom. The van der Waals surface area contributed by atoms with Gasteiger partial charge in [0.25, 0.3) is 0 Å². The van der Waals surface area contributed by atoms with Gasteiger partial charge in [0.15, 0.2) is 11.5 Å². The summed E-state index contributed by atoms with van der Waals surface area (Å²) in [7, 11) is 4.24. The van der Waals surface area contributed by atoms with Crippen molar-refractivity contribution in [2.45, 2.75) is 57.8 Å². The van der Waals surface area contributed by atoms with Crippen molar-refractivity contribution in [3.63, 3.8) is 0 Å². The van der Waals surface area contributed by atoms with E-state index in [1.807, 2.05) is 6.92 Å². The van der Waals surface area contributed by atoms with Gasteiger partial charge in [-0.15, -0.1) is 0 Å². The molecular formula is C18H25NO4. The van der Waals surface area contributed by atoms with E-state index >= 15 is 0 Å². The molecule has 1 aliphatic carbocycles. The maximum absolute atomic E-state index is 11.6. The summed E-state index contributed by atoms with van der Waals surface area (Å²) >= 11 is 0. The standard InChI is InChI=1S/C18H25NO4/c1-10-14(18(20)21)9-15(17-16(10)22-11(2)23-17)12-5-7-13(8-6-12)19(3)4/h9,11-13H,5-8H2,1-4H3,(H,20,21)/t11?,12-,13-. The number of nitrogens with zero attached hydrogens (tertiary/aromatic N) is 1. The molecule has 126 valence electrons. The average molecular weight is 319 g/mol. The molecular weight excluding hydrogens is 294 g/mol. The Balaban J connectivity index is 1.95. The molecule has 1 fully saturated rings. The van der Waals surface area contributed by atoms with E-state index in [0.717, 1.165) is 37.0 Å². The number of aromatic carboxylic acids is 1. The third-order valence-electron chi connectivity index (χ3n) is 5.18. The molecule has 0 spiro atoms. The van der Waals surface area contributed by atoms with Gasteiger partial charge >= 0.3 is 5.97 Å². The van der Waals surface area contributed by atoms with Gasteiger partial charge in [0.2, 0.25) is 6.29 Å². The van der Waals surface area contributed by atoms with Crippen molar-refractivity contribution in [1.29, 1.82) is 0 Å². The van der Waals surface area contributed by atoms with Gasteiger partial charge < -0.3 is 19.5 Å². The second kappa shape index (κ2) is 6.04. The zero-order valence-corrected chi connectivity index (χ0v) is 14.3. The number of ether oxygens (including phenoxy) is 2. The zero-order chi connectivity index (χ0) is 16.7. The van der Waals surface area contributed by atoms with Crippen LogP contribution in [0.15, 0.2) is 6.07 Å². The van der Waals surface area contributed by atoms with Crippen molar-refractivity contribution in [3.05, 3.63) is 22.8 Å². The highest BCUT2D eigenvalue weighted by Gasteiger charge is 2.33. The van der Waals surface area contributed by atoms with Crippen molar-refractivity contribution < 1.29 is 19.4 Å². The van der Waals surface area contributed by atoms with Crippen molar-refractivity contribution in [2.75, 3.05) is 14.1 Å². The highest BCUT2D eigenvalue weighted by atomic mass is 16.7. The van der Waals surface area contributed by atoms with E-state index in [4.69, 9.17) is 9.47 Å². The van der Waals surface area contributed by atoms with Crippen molar-refractivity contribution >= 4 is 5.97 Å². The molecule has 5 heteroatoms. The van der Waals surface area contributed by atoms with Crippen LogP contribution in [0.4, 0.5) is 0 Å². The fraction of sp³-hybridized carbons (Fsp3) is 0.611. The van der Waals surface area contributed by atoms with Crippen LogP contribution in [0.1, 0.15) is 60.0 Å². The summed E-state index contributed by atoms with van der Waals surface area (Å²) in [6.45, 7) is 3.63. The fourth-order valence-corrected chi connectivity index (χ4v) is 3.80. The van der Waals surface area contributed by atoms with Gasteiger partial charge in [0, 0.05) is 24.1 Å². The second-order valence-electron chi connectivity index (χ2n) is 6.87. The van der Waals surface area contributed by atoms with Crippen LogP contribution in [0.3, 0.4) is 0 Å². The average Bonchev–Trinajstić information content (AvgIpc) is 2.89. The number of carboxylic acid groups (broad SMARTS) is 1. The predicted molar refractivity (Wildman–Crippen MR) is 87.5 cm³/mol. The molecule has 5 nitrogen and oxygen atoms in total. The van der Waals surface area contributed by atoms with Crippen LogP contribution in [0.25, 0.3) is 0 Å². The van der Waals surface area contributed by atoms with E-state index in [0.29, 0.717) is 28.8 Å². The Labute approximate surface area is 137 Å². The summed E-state index contributed by atoms with van der Waals surface area (Å²) in [5.74, 6) is 0.805. The molecule has 0 bridgehead atoms. The van der Waals surface area contributed by atoms with E-state index in [1.165, 1.54) is 0 Å². The van der Waals surface area contributed by atoms with Crippen LogP contribution in [-0.2, 0) is 0 Å². The third kappa shape index (κ3) is 2.90. The molecule has 23 heavy (non-hydrogen) atoms. The maximum Gasteiger partial charge on any atom is 0.336 e. The van der Waals surface area contributed by atoms with Crippen molar-refractivity contribution in [2.24, 2.45) is 0 Å². The summed E-state index contributed by atoms with van der Waals surface area (Å²) < 4.78 is 11.6.